The number of fused-ring (bicyclic) bond motifs is 1. The summed E-state index contributed by atoms with van der Waals surface area (Å²) in [7, 11) is 10.7. The standard InChI is InChI=1S/C24H47O7P7.Ac/c1-12(2)21(27)23(7)17(31-36(37(32)33)38(34)35)9-18-24(28,11-29-18)20(23)19(30-14(4)25)15-8-16(26)13(3)10-22(15,5)6;/h10,12,15-21,26-28H,8-9,11,32-35H2,1-7H3;/t15?,16-,17-,18+,19+,20-,21+,23+,24-;/m0./s1. The number of ether oxygens (including phenoxy) is 2. The third kappa shape index (κ3) is 7.89. The molecule has 1 saturated heterocycles. The Balaban J connectivity index is 0.00000533. The molecule has 1 radical (unpaired) electrons. The zero-order chi connectivity index (χ0) is 29.0. The van der Waals surface area contributed by atoms with E-state index in [0.29, 0.717) is 12.8 Å². The van der Waals surface area contributed by atoms with Gasteiger partial charge in [0.1, 0.15) is 11.7 Å². The average Bonchev–Trinajstić information content (AvgIpc) is 2.77. The molecule has 0 aromatic rings. The van der Waals surface area contributed by atoms with Crippen LogP contribution >= 0.6 is 57.2 Å². The van der Waals surface area contributed by atoms with Gasteiger partial charge < -0.3 is 29.3 Å². The van der Waals surface area contributed by atoms with Crippen LogP contribution in [0.3, 0.4) is 0 Å². The van der Waals surface area contributed by atoms with Gasteiger partial charge in [-0.15, -0.1) is 35.7 Å². The second-order valence-electron chi connectivity index (χ2n) is 12.3. The van der Waals surface area contributed by atoms with E-state index in [-0.39, 0.29) is 62.5 Å². The van der Waals surface area contributed by atoms with E-state index in [2.05, 4.69) is 55.6 Å². The summed E-state index contributed by atoms with van der Waals surface area (Å²) in [5.41, 5.74) is -1.79. The van der Waals surface area contributed by atoms with Crippen LogP contribution in [0.1, 0.15) is 61.3 Å². The van der Waals surface area contributed by atoms with E-state index in [1.165, 1.54) is 6.92 Å². The Morgan fingerprint density at radius 2 is 1.72 bits per heavy atom. The molecule has 0 aromatic carbocycles. The summed E-state index contributed by atoms with van der Waals surface area (Å²) in [5.74, 6) is -1.54. The van der Waals surface area contributed by atoms with E-state index in [0.717, 1.165) is 5.57 Å². The van der Waals surface area contributed by atoms with Gasteiger partial charge in [0.25, 0.3) is 0 Å². The van der Waals surface area contributed by atoms with Gasteiger partial charge in [0.2, 0.25) is 0 Å². The molecule has 3 aliphatic rings. The molecule has 0 amide bonds. The molecule has 1 aliphatic heterocycles. The number of aliphatic hydroxyl groups excluding tert-OH is 2. The molecule has 0 spiro atoms. The summed E-state index contributed by atoms with van der Waals surface area (Å²) < 4.78 is 19.1. The van der Waals surface area contributed by atoms with Gasteiger partial charge in [-0.3, -0.25) is 4.79 Å². The molecule has 2 aliphatic carbocycles. The molecule has 3 rings (SSSR count). The molecule has 0 bridgehead atoms. The van der Waals surface area contributed by atoms with Crippen molar-refractivity contribution in [2.75, 3.05) is 6.61 Å². The maximum absolute atomic E-state index is 12.7. The van der Waals surface area contributed by atoms with Crippen LogP contribution in [0.25, 0.3) is 0 Å². The quantitative estimate of drug-likeness (QED) is 0.144. The molecule has 1 heterocycles. The smallest absolute Gasteiger partial charge is 0.302 e. The van der Waals surface area contributed by atoms with Crippen molar-refractivity contribution in [1.29, 1.82) is 0 Å². The first-order valence-corrected chi connectivity index (χ1v) is 24.8. The fourth-order valence-corrected chi connectivity index (χ4v) is 39.9. The van der Waals surface area contributed by atoms with Crippen LogP contribution in [-0.2, 0) is 18.8 Å². The van der Waals surface area contributed by atoms with E-state index in [4.69, 9.17) is 14.0 Å². The van der Waals surface area contributed by atoms with Crippen molar-refractivity contribution in [3.8, 4) is 0 Å². The second-order valence-corrected chi connectivity index (χ2v) is 35.9. The van der Waals surface area contributed by atoms with Gasteiger partial charge >= 0.3 is 5.97 Å². The molecule has 1 saturated carbocycles. The first-order valence-electron chi connectivity index (χ1n) is 13.0. The first-order chi connectivity index (χ1) is 17.4. The van der Waals surface area contributed by atoms with Gasteiger partial charge in [-0.05, 0) is 44.2 Å². The van der Waals surface area contributed by atoms with Gasteiger partial charge in [-0.2, -0.15) is 0 Å². The molecular weight excluding hydrogens is 844 g/mol. The van der Waals surface area contributed by atoms with Gasteiger partial charge in [-0.25, -0.2) is 0 Å². The number of carbonyl (C=O) groups excluding carboxylic acids is 1. The molecular formula is C24H47AcO7P7. The van der Waals surface area contributed by atoms with E-state index in [1.807, 2.05) is 27.7 Å². The van der Waals surface area contributed by atoms with Crippen LogP contribution in [0.15, 0.2) is 11.6 Å². The molecule has 13 atom stereocenters. The first kappa shape index (κ1) is 38.6. The Kier molecular flexibility index (Phi) is 14.8. The summed E-state index contributed by atoms with van der Waals surface area (Å²) in [6, 6.07) is 0. The summed E-state index contributed by atoms with van der Waals surface area (Å²) >= 11 is 0. The van der Waals surface area contributed by atoms with Crippen LogP contribution in [0.5, 0.6) is 0 Å². The van der Waals surface area contributed by atoms with E-state index in [1.54, 1.807) is 0 Å². The third-order valence-electron chi connectivity index (χ3n) is 8.87. The zero-order valence-corrected chi connectivity index (χ0v) is 36.1. The molecule has 39 heavy (non-hydrogen) atoms. The molecule has 7 nitrogen and oxygen atoms in total. The third-order valence-corrected chi connectivity index (χ3v) is 31.3. The van der Waals surface area contributed by atoms with E-state index >= 15 is 0 Å². The van der Waals surface area contributed by atoms with Crippen LogP contribution < -0.4 is 0 Å². The van der Waals surface area contributed by atoms with Gasteiger partial charge in [0.15, 0.2) is 0 Å². The fourth-order valence-electron chi connectivity index (χ4n) is 7.00. The van der Waals surface area contributed by atoms with Crippen LogP contribution in [-0.4, -0.2) is 64.0 Å². The predicted octanol–water partition coefficient (Wildman–Crippen LogP) is 6.18. The Labute approximate surface area is 283 Å². The van der Waals surface area contributed by atoms with Crippen molar-refractivity contribution >= 4 is 63.2 Å². The molecule has 3 N–H and O–H groups in total. The largest absolute Gasteiger partial charge is 0.462 e. The monoisotopic (exact) mass is 891 g/mol. The van der Waals surface area contributed by atoms with Crippen molar-refractivity contribution in [1.82, 2.24) is 0 Å². The Morgan fingerprint density at radius 3 is 2.15 bits per heavy atom. The van der Waals surface area contributed by atoms with Crippen molar-refractivity contribution in [2.45, 2.75) is 97.4 Å². The van der Waals surface area contributed by atoms with Gasteiger partial charge in [-0.1, -0.05) is 40.7 Å². The minimum atomic E-state index is -1.30. The van der Waals surface area contributed by atoms with E-state index < -0.39 is 80.3 Å². The number of hydrogen-bond acceptors (Lipinski definition) is 7. The van der Waals surface area contributed by atoms with E-state index in [9.17, 15) is 20.1 Å². The minimum Gasteiger partial charge on any atom is -0.462 e. The average molecular weight is 891 g/mol. The number of aliphatic hydroxyl groups is 3. The number of hydrogen-bond donors (Lipinski definition) is 3. The van der Waals surface area contributed by atoms with Crippen molar-refractivity contribution in [3.63, 3.8) is 0 Å². The summed E-state index contributed by atoms with van der Waals surface area (Å²) in [6.07, 6.45) is -0.300. The second kappa shape index (κ2) is 14.9. The Morgan fingerprint density at radius 1 is 1.15 bits per heavy atom. The maximum atomic E-state index is 12.7. The Bertz CT molecular complexity index is 902. The van der Waals surface area contributed by atoms with Gasteiger partial charge in [0.05, 0.1) is 38.5 Å². The maximum Gasteiger partial charge on any atom is 0.302 e. The minimum absolute atomic E-state index is 0. The van der Waals surface area contributed by atoms with Crippen molar-refractivity contribution < 1.29 is 78.2 Å². The summed E-state index contributed by atoms with van der Waals surface area (Å²) in [4.78, 5) is 12.7. The molecule has 15 heteroatoms. The Hall–Kier alpha value is 3.46. The zero-order valence-electron chi connectivity index (χ0n) is 24.0. The number of rotatable bonds is 9. The number of esters is 1. The SMILES string of the molecule is CC(=O)O[C@H](C1C[C@H](O)C(C)=CC1(C)C)[C@@H]1[C@]2(O)CO[C@@H]2C[C@H](OP(P(P)P)P(P)P)[C@@]1(C)[C@H](O)C(C)C.[Ac]. The number of allylic oxidation sites excluding steroid dienone is 1. The predicted molar refractivity (Wildman–Crippen MR) is 173 cm³/mol. The van der Waals surface area contributed by atoms with Crippen molar-refractivity contribution in [3.05, 3.63) is 11.6 Å². The summed E-state index contributed by atoms with van der Waals surface area (Å²) in [5, 5.41) is 35.1. The molecule has 2 fully saturated rings. The molecule has 223 valence electrons. The van der Waals surface area contributed by atoms with Gasteiger partial charge in [0, 0.05) is 74.7 Å². The fraction of sp³-hybridized carbons (Fsp3) is 0.875. The molecule has 5 unspecified atom stereocenters. The van der Waals surface area contributed by atoms with Crippen LogP contribution in [0.4, 0.5) is 0 Å². The topological polar surface area (TPSA) is 105 Å². The normalized spacial score (nSPS) is 37.6. The number of carbonyl (C=O) groups is 1. The molecule has 0 aromatic heterocycles. The summed E-state index contributed by atoms with van der Waals surface area (Å²) in [6.45, 7) is 12.4. The van der Waals surface area contributed by atoms with Crippen LogP contribution in [0.2, 0.25) is 0 Å². The van der Waals surface area contributed by atoms with Crippen LogP contribution in [0, 0.1) is 72.6 Å². The van der Waals surface area contributed by atoms with Crippen molar-refractivity contribution in [2.24, 2.45) is 28.6 Å².